The van der Waals surface area contributed by atoms with E-state index >= 15 is 0 Å². The van der Waals surface area contributed by atoms with Gasteiger partial charge in [-0.05, 0) is 37.0 Å². The van der Waals surface area contributed by atoms with E-state index in [0.29, 0.717) is 18.4 Å². The first-order valence-electron chi connectivity index (χ1n) is 7.22. The van der Waals surface area contributed by atoms with Crippen molar-refractivity contribution in [1.82, 2.24) is 4.98 Å². The average Bonchev–Trinajstić information content (AvgIpc) is 2.97. The van der Waals surface area contributed by atoms with Crippen molar-refractivity contribution in [3.05, 3.63) is 41.6 Å². The van der Waals surface area contributed by atoms with Gasteiger partial charge in [0.05, 0.1) is 18.6 Å². The molecule has 5 heteroatoms. The summed E-state index contributed by atoms with van der Waals surface area (Å²) in [7, 11) is 1.36. The molecule has 1 heterocycles. The number of carbonyl (C=O) groups is 2. The fourth-order valence-corrected chi connectivity index (χ4v) is 2.94. The molecule has 1 aromatic carbocycles. The van der Waals surface area contributed by atoms with E-state index in [0.717, 1.165) is 28.5 Å². The molecule has 0 spiro atoms. The lowest BCUT2D eigenvalue weighted by Gasteiger charge is -2.18. The van der Waals surface area contributed by atoms with Crippen LogP contribution in [-0.4, -0.2) is 29.1 Å². The molecule has 0 radical (unpaired) electrons. The van der Waals surface area contributed by atoms with Crippen LogP contribution in [0.25, 0.3) is 16.5 Å². The van der Waals surface area contributed by atoms with Crippen LogP contribution in [0.4, 0.5) is 0 Å². The van der Waals surface area contributed by atoms with Gasteiger partial charge in [-0.25, -0.2) is 4.79 Å². The number of carbonyl (C=O) groups excluding carboxylic acids is 1. The minimum atomic E-state index is -0.725. The van der Waals surface area contributed by atoms with E-state index in [1.165, 1.54) is 7.11 Å². The molecule has 1 aliphatic rings. The Hall–Kier alpha value is -2.56. The second kappa shape index (κ2) is 5.67. The summed E-state index contributed by atoms with van der Waals surface area (Å²) in [5, 5.41) is 10.1. The summed E-state index contributed by atoms with van der Waals surface area (Å²) < 4.78 is 4.72. The second-order valence-electron chi connectivity index (χ2n) is 5.49. The van der Waals surface area contributed by atoms with Gasteiger partial charge in [0.1, 0.15) is 0 Å². The predicted octanol–water partition coefficient (Wildman–Crippen LogP) is 3.22. The first kappa shape index (κ1) is 14.4. The number of ether oxygens (including phenoxy) is 1. The third-order valence-corrected chi connectivity index (χ3v) is 4.21. The number of hydrogen-bond donors (Lipinski definition) is 2. The summed E-state index contributed by atoms with van der Waals surface area (Å²) in [5.74, 6) is -1.36. The third kappa shape index (κ3) is 2.50. The Bertz CT molecular complexity index is 772. The Morgan fingerprint density at radius 3 is 2.82 bits per heavy atom. The maximum Gasteiger partial charge on any atom is 0.337 e. The molecule has 22 heavy (non-hydrogen) atoms. The molecular formula is C17H17NO4. The SMILES string of the molecule is COC(=O)c1ccc2c(C3=CCC(C(=O)O)CC3)c[nH]c2c1. The highest BCUT2D eigenvalue weighted by Gasteiger charge is 2.22. The van der Waals surface area contributed by atoms with Gasteiger partial charge in [-0.3, -0.25) is 4.79 Å². The monoisotopic (exact) mass is 299 g/mol. The lowest BCUT2D eigenvalue weighted by Crippen LogP contribution is -2.15. The van der Waals surface area contributed by atoms with Crippen LogP contribution in [0.1, 0.15) is 35.2 Å². The van der Waals surface area contributed by atoms with E-state index in [-0.39, 0.29) is 11.9 Å². The number of allylic oxidation sites excluding steroid dienone is 2. The Balaban J connectivity index is 1.93. The maximum atomic E-state index is 11.6. The van der Waals surface area contributed by atoms with Crippen LogP contribution in [0, 0.1) is 5.92 Å². The van der Waals surface area contributed by atoms with E-state index < -0.39 is 5.97 Å². The molecule has 0 amide bonds. The number of hydrogen-bond acceptors (Lipinski definition) is 3. The standard InChI is InChI=1S/C17H17NO4/c1-22-17(21)12-6-7-13-14(9-18-15(13)8-12)10-2-4-11(5-3-10)16(19)20/h2,6-9,11,18H,3-5H2,1H3,(H,19,20). The first-order chi connectivity index (χ1) is 10.6. The van der Waals surface area contributed by atoms with Gasteiger partial charge in [0.2, 0.25) is 0 Å². The van der Waals surface area contributed by atoms with E-state index in [4.69, 9.17) is 9.84 Å². The van der Waals surface area contributed by atoms with Gasteiger partial charge in [0.15, 0.2) is 0 Å². The number of aromatic amines is 1. The minimum absolute atomic E-state index is 0.278. The van der Waals surface area contributed by atoms with Crippen molar-refractivity contribution in [1.29, 1.82) is 0 Å². The molecule has 1 unspecified atom stereocenters. The number of esters is 1. The number of nitrogens with one attached hydrogen (secondary N) is 1. The highest BCUT2D eigenvalue weighted by atomic mass is 16.5. The number of fused-ring (bicyclic) bond motifs is 1. The lowest BCUT2D eigenvalue weighted by atomic mass is 9.86. The van der Waals surface area contributed by atoms with Gasteiger partial charge in [-0.1, -0.05) is 12.1 Å². The van der Waals surface area contributed by atoms with E-state index in [9.17, 15) is 9.59 Å². The minimum Gasteiger partial charge on any atom is -0.481 e. The van der Waals surface area contributed by atoms with Gasteiger partial charge in [-0.15, -0.1) is 0 Å². The number of rotatable bonds is 3. The van der Waals surface area contributed by atoms with E-state index in [2.05, 4.69) is 4.98 Å². The highest BCUT2D eigenvalue weighted by Crippen LogP contribution is 2.34. The van der Waals surface area contributed by atoms with Crippen molar-refractivity contribution in [2.45, 2.75) is 19.3 Å². The molecular weight excluding hydrogens is 282 g/mol. The van der Waals surface area contributed by atoms with Crippen molar-refractivity contribution in [2.24, 2.45) is 5.92 Å². The van der Waals surface area contributed by atoms with Crippen molar-refractivity contribution in [3.8, 4) is 0 Å². The largest absolute Gasteiger partial charge is 0.481 e. The van der Waals surface area contributed by atoms with Crippen LogP contribution in [0.3, 0.4) is 0 Å². The lowest BCUT2D eigenvalue weighted by molar-refractivity contribution is -0.141. The van der Waals surface area contributed by atoms with Gasteiger partial charge < -0.3 is 14.8 Å². The summed E-state index contributed by atoms with van der Waals surface area (Å²) in [4.78, 5) is 25.7. The molecule has 3 rings (SSSR count). The molecule has 2 N–H and O–H groups in total. The molecule has 0 fully saturated rings. The second-order valence-corrected chi connectivity index (χ2v) is 5.49. The topological polar surface area (TPSA) is 79.4 Å². The van der Waals surface area contributed by atoms with E-state index in [1.807, 2.05) is 18.3 Å². The van der Waals surface area contributed by atoms with Gasteiger partial charge in [0.25, 0.3) is 0 Å². The smallest absolute Gasteiger partial charge is 0.337 e. The average molecular weight is 299 g/mol. The van der Waals surface area contributed by atoms with Crippen LogP contribution >= 0.6 is 0 Å². The number of aliphatic carboxylic acids is 1. The molecule has 1 aromatic heterocycles. The van der Waals surface area contributed by atoms with Crippen molar-refractivity contribution < 1.29 is 19.4 Å². The van der Waals surface area contributed by atoms with Gasteiger partial charge in [0, 0.05) is 22.7 Å². The van der Waals surface area contributed by atoms with Crippen LogP contribution in [0.2, 0.25) is 0 Å². The molecule has 114 valence electrons. The Morgan fingerprint density at radius 2 is 2.18 bits per heavy atom. The third-order valence-electron chi connectivity index (χ3n) is 4.21. The molecule has 5 nitrogen and oxygen atoms in total. The number of carboxylic acid groups (broad SMARTS) is 1. The Morgan fingerprint density at radius 1 is 1.36 bits per heavy atom. The molecule has 1 aliphatic carbocycles. The fourth-order valence-electron chi connectivity index (χ4n) is 2.94. The number of H-pyrrole nitrogens is 1. The van der Waals surface area contributed by atoms with Crippen LogP contribution in [0.15, 0.2) is 30.5 Å². The highest BCUT2D eigenvalue weighted by molar-refractivity contribution is 5.98. The van der Waals surface area contributed by atoms with Crippen molar-refractivity contribution in [2.75, 3.05) is 7.11 Å². The zero-order chi connectivity index (χ0) is 15.7. The Kier molecular flexibility index (Phi) is 3.71. The molecule has 0 saturated carbocycles. The predicted molar refractivity (Wildman–Crippen MR) is 82.6 cm³/mol. The number of aromatic nitrogens is 1. The quantitative estimate of drug-likeness (QED) is 0.853. The summed E-state index contributed by atoms with van der Waals surface area (Å²) >= 11 is 0. The summed E-state index contributed by atoms with van der Waals surface area (Å²) in [6, 6.07) is 5.42. The summed E-state index contributed by atoms with van der Waals surface area (Å²) in [6.07, 6.45) is 5.91. The van der Waals surface area contributed by atoms with Gasteiger partial charge in [-0.2, -0.15) is 0 Å². The molecule has 0 saturated heterocycles. The van der Waals surface area contributed by atoms with Crippen LogP contribution < -0.4 is 0 Å². The van der Waals surface area contributed by atoms with E-state index in [1.54, 1.807) is 12.1 Å². The Labute approximate surface area is 127 Å². The zero-order valence-electron chi connectivity index (χ0n) is 12.3. The summed E-state index contributed by atoms with van der Waals surface area (Å²) in [6.45, 7) is 0. The molecule has 1 atom stereocenters. The van der Waals surface area contributed by atoms with Crippen molar-refractivity contribution in [3.63, 3.8) is 0 Å². The normalized spacial score (nSPS) is 18.0. The summed E-state index contributed by atoms with van der Waals surface area (Å²) in [5.41, 5.74) is 3.62. The molecule has 0 bridgehead atoms. The number of methoxy groups -OCH3 is 1. The zero-order valence-corrected chi connectivity index (χ0v) is 12.3. The molecule has 2 aromatic rings. The van der Waals surface area contributed by atoms with Crippen LogP contribution in [-0.2, 0) is 9.53 Å². The fraction of sp³-hybridized carbons (Fsp3) is 0.294. The number of benzene rings is 1. The number of carboxylic acids is 1. The maximum absolute atomic E-state index is 11.6. The first-order valence-corrected chi connectivity index (χ1v) is 7.22. The van der Waals surface area contributed by atoms with Crippen LogP contribution in [0.5, 0.6) is 0 Å². The molecule has 0 aliphatic heterocycles. The van der Waals surface area contributed by atoms with Gasteiger partial charge >= 0.3 is 11.9 Å². The van der Waals surface area contributed by atoms with Crippen molar-refractivity contribution >= 4 is 28.4 Å².